The number of halogens is 2. The number of methoxy groups -OCH3 is 1. The first-order valence-electron chi connectivity index (χ1n) is 8.51. The van der Waals surface area contributed by atoms with Crippen LogP contribution in [0.4, 0.5) is 0 Å². The number of nitrogens with one attached hydrogen (secondary N) is 1. The predicted octanol–water partition coefficient (Wildman–Crippen LogP) is 1.54. The molecule has 3 aliphatic rings. The first-order chi connectivity index (χ1) is 10.2. The van der Waals surface area contributed by atoms with Crippen LogP contribution in [0.15, 0.2) is 0 Å². The molecular weight excluding hydrogens is 337 g/mol. The summed E-state index contributed by atoms with van der Waals surface area (Å²) in [5.41, 5.74) is -0.562. The molecule has 0 aromatic heterocycles. The van der Waals surface area contributed by atoms with Gasteiger partial charge in [-0.3, -0.25) is 4.79 Å². The van der Waals surface area contributed by atoms with Gasteiger partial charge in [0, 0.05) is 26.7 Å². The van der Waals surface area contributed by atoms with Crippen molar-refractivity contribution < 1.29 is 9.53 Å². The van der Waals surface area contributed by atoms with Gasteiger partial charge in [0.05, 0.1) is 0 Å². The second kappa shape index (κ2) is 9.42. The molecule has 1 N–H and O–H groups in total. The third-order valence-corrected chi connectivity index (χ3v) is 5.48. The summed E-state index contributed by atoms with van der Waals surface area (Å²) in [4.78, 5) is 17.5. The topological polar surface area (TPSA) is 44.8 Å². The van der Waals surface area contributed by atoms with E-state index in [-0.39, 0.29) is 30.7 Å². The van der Waals surface area contributed by atoms with Crippen molar-refractivity contribution in [3.63, 3.8) is 0 Å². The molecule has 0 aromatic carbocycles. The van der Waals surface area contributed by atoms with Gasteiger partial charge < -0.3 is 19.9 Å². The van der Waals surface area contributed by atoms with Gasteiger partial charge in [0.25, 0.3) is 5.91 Å². The Morgan fingerprint density at radius 1 is 1.17 bits per heavy atom. The molecule has 3 fully saturated rings. The minimum atomic E-state index is -0.562. The Morgan fingerprint density at radius 3 is 2.43 bits per heavy atom. The van der Waals surface area contributed by atoms with Gasteiger partial charge in [-0.15, -0.1) is 24.8 Å². The van der Waals surface area contributed by atoms with Crippen LogP contribution >= 0.6 is 24.8 Å². The minimum absolute atomic E-state index is 0. The highest BCUT2D eigenvalue weighted by molar-refractivity contribution is 5.86. The maximum absolute atomic E-state index is 12.9. The molecule has 1 amide bonds. The van der Waals surface area contributed by atoms with Crippen LogP contribution in [0.25, 0.3) is 0 Å². The molecule has 3 aliphatic heterocycles. The third kappa shape index (κ3) is 4.73. The number of likely N-dealkylation sites (tertiary alicyclic amines) is 2. The summed E-state index contributed by atoms with van der Waals surface area (Å²) in [7, 11) is 1.70. The molecule has 7 heteroatoms. The standard InChI is InChI=1S/C16H29N3O2.2ClH/c1-21-16(5-7-17-8-6-16)15(20)19-11-4-14(13-19)12-18-9-2-3-10-18;;/h14,17H,2-13H2,1H3;2*1H. The highest BCUT2D eigenvalue weighted by Gasteiger charge is 2.44. The SMILES string of the molecule is COC1(C(=O)N2CCC(CN3CCCC3)C2)CCNCC1.Cl.Cl. The van der Waals surface area contributed by atoms with Crippen molar-refractivity contribution in [1.29, 1.82) is 0 Å². The van der Waals surface area contributed by atoms with Crippen molar-refractivity contribution in [2.45, 2.75) is 37.7 Å². The van der Waals surface area contributed by atoms with Crippen molar-refractivity contribution in [2.75, 3.05) is 52.9 Å². The fourth-order valence-electron chi connectivity index (χ4n) is 4.12. The Bertz CT molecular complexity index is 372. The van der Waals surface area contributed by atoms with Crippen LogP contribution in [-0.4, -0.2) is 74.2 Å². The Hall–Kier alpha value is -0.0700. The average Bonchev–Trinajstić information content (AvgIpc) is 3.19. The quantitative estimate of drug-likeness (QED) is 0.818. The van der Waals surface area contributed by atoms with E-state index in [9.17, 15) is 4.79 Å². The largest absolute Gasteiger partial charge is 0.368 e. The van der Waals surface area contributed by atoms with Gasteiger partial charge in [0.2, 0.25) is 0 Å². The van der Waals surface area contributed by atoms with Crippen molar-refractivity contribution in [3.05, 3.63) is 0 Å². The summed E-state index contributed by atoms with van der Waals surface area (Å²) in [5.74, 6) is 0.887. The lowest BCUT2D eigenvalue weighted by Gasteiger charge is -2.37. The predicted molar refractivity (Wildman–Crippen MR) is 96.7 cm³/mol. The number of piperidine rings is 1. The molecule has 5 nitrogen and oxygen atoms in total. The summed E-state index contributed by atoms with van der Waals surface area (Å²) in [5, 5.41) is 3.32. The van der Waals surface area contributed by atoms with Crippen LogP contribution in [0.3, 0.4) is 0 Å². The molecule has 0 bridgehead atoms. The lowest BCUT2D eigenvalue weighted by molar-refractivity contribution is -0.157. The molecule has 1 atom stereocenters. The molecule has 3 rings (SSSR count). The van der Waals surface area contributed by atoms with E-state index in [1.54, 1.807) is 7.11 Å². The summed E-state index contributed by atoms with van der Waals surface area (Å²) in [6, 6.07) is 0. The minimum Gasteiger partial charge on any atom is -0.368 e. The number of rotatable bonds is 4. The van der Waals surface area contributed by atoms with E-state index in [0.29, 0.717) is 5.92 Å². The Balaban J connectivity index is 0.00000132. The van der Waals surface area contributed by atoms with Gasteiger partial charge in [-0.1, -0.05) is 0 Å². The van der Waals surface area contributed by atoms with E-state index in [1.807, 2.05) is 0 Å². The molecule has 136 valence electrons. The zero-order chi connectivity index (χ0) is 14.7. The fourth-order valence-corrected chi connectivity index (χ4v) is 4.12. The second-order valence-corrected chi connectivity index (χ2v) is 6.86. The maximum Gasteiger partial charge on any atom is 0.254 e. The van der Waals surface area contributed by atoms with E-state index in [0.717, 1.165) is 45.4 Å². The van der Waals surface area contributed by atoms with Gasteiger partial charge >= 0.3 is 0 Å². The van der Waals surface area contributed by atoms with Crippen molar-refractivity contribution in [2.24, 2.45) is 5.92 Å². The fraction of sp³-hybridized carbons (Fsp3) is 0.938. The third-order valence-electron chi connectivity index (χ3n) is 5.48. The molecular formula is C16H31Cl2N3O2. The zero-order valence-electron chi connectivity index (χ0n) is 14.1. The summed E-state index contributed by atoms with van der Waals surface area (Å²) >= 11 is 0. The van der Waals surface area contributed by atoms with E-state index in [4.69, 9.17) is 4.74 Å². The lowest BCUT2D eigenvalue weighted by Crippen LogP contribution is -2.55. The number of carbonyl (C=O) groups excluding carboxylic acids is 1. The monoisotopic (exact) mass is 367 g/mol. The van der Waals surface area contributed by atoms with Gasteiger partial charge in [0.15, 0.2) is 0 Å². The first-order valence-corrected chi connectivity index (χ1v) is 8.51. The van der Waals surface area contributed by atoms with Gasteiger partial charge in [0.1, 0.15) is 5.60 Å². The van der Waals surface area contributed by atoms with Gasteiger partial charge in [-0.25, -0.2) is 0 Å². The summed E-state index contributed by atoms with van der Waals surface area (Å²) in [6.07, 6.45) is 5.44. The van der Waals surface area contributed by atoms with Gasteiger partial charge in [-0.05, 0) is 64.2 Å². The van der Waals surface area contributed by atoms with Crippen LogP contribution < -0.4 is 5.32 Å². The average molecular weight is 368 g/mol. The zero-order valence-corrected chi connectivity index (χ0v) is 15.7. The highest BCUT2D eigenvalue weighted by Crippen LogP contribution is 2.29. The van der Waals surface area contributed by atoms with E-state index in [2.05, 4.69) is 15.1 Å². The van der Waals surface area contributed by atoms with Gasteiger partial charge in [-0.2, -0.15) is 0 Å². The first kappa shape index (κ1) is 21.0. The Morgan fingerprint density at radius 2 is 1.83 bits per heavy atom. The van der Waals surface area contributed by atoms with Crippen LogP contribution in [0.5, 0.6) is 0 Å². The molecule has 0 aliphatic carbocycles. The maximum atomic E-state index is 12.9. The molecule has 0 radical (unpaired) electrons. The van der Waals surface area contributed by atoms with E-state index in [1.165, 1.54) is 32.5 Å². The number of hydrogen-bond donors (Lipinski definition) is 1. The van der Waals surface area contributed by atoms with Crippen molar-refractivity contribution >= 4 is 30.7 Å². The van der Waals surface area contributed by atoms with Crippen LogP contribution in [0.1, 0.15) is 32.1 Å². The second-order valence-electron chi connectivity index (χ2n) is 6.86. The molecule has 0 spiro atoms. The number of hydrogen-bond acceptors (Lipinski definition) is 4. The molecule has 0 saturated carbocycles. The van der Waals surface area contributed by atoms with Crippen LogP contribution in [0.2, 0.25) is 0 Å². The molecule has 0 aromatic rings. The Kier molecular flexibility index (Phi) is 8.59. The van der Waals surface area contributed by atoms with E-state index < -0.39 is 5.60 Å². The van der Waals surface area contributed by atoms with Crippen LogP contribution in [0, 0.1) is 5.92 Å². The Labute approximate surface area is 152 Å². The summed E-state index contributed by atoms with van der Waals surface area (Å²) < 4.78 is 5.68. The molecule has 3 heterocycles. The van der Waals surface area contributed by atoms with Crippen molar-refractivity contribution in [3.8, 4) is 0 Å². The molecule has 1 unspecified atom stereocenters. The lowest BCUT2D eigenvalue weighted by atomic mass is 9.90. The number of carbonyl (C=O) groups is 1. The molecule has 23 heavy (non-hydrogen) atoms. The smallest absolute Gasteiger partial charge is 0.254 e. The van der Waals surface area contributed by atoms with Crippen molar-refractivity contribution in [1.82, 2.24) is 15.1 Å². The normalized spacial score (nSPS) is 27.3. The number of nitrogens with zero attached hydrogens (tertiary/aromatic N) is 2. The molecule has 3 saturated heterocycles. The van der Waals surface area contributed by atoms with E-state index >= 15 is 0 Å². The number of amides is 1. The highest BCUT2D eigenvalue weighted by atomic mass is 35.5. The number of ether oxygens (including phenoxy) is 1. The summed E-state index contributed by atoms with van der Waals surface area (Å²) in [6.45, 7) is 7.26. The van der Waals surface area contributed by atoms with Crippen LogP contribution in [-0.2, 0) is 9.53 Å².